The summed E-state index contributed by atoms with van der Waals surface area (Å²) in [6, 6.07) is 2.07. The highest BCUT2D eigenvalue weighted by Crippen LogP contribution is 2.42. The normalized spacial score (nSPS) is 17.2. The van der Waals surface area contributed by atoms with Crippen LogP contribution in [0.25, 0.3) is 0 Å². The number of phenolic OH excluding ortho intramolecular Hbond substituents is 1. The van der Waals surface area contributed by atoms with Crippen molar-refractivity contribution >= 4 is 0 Å². The van der Waals surface area contributed by atoms with E-state index in [-0.39, 0.29) is 11.3 Å². The van der Waals surface area contributed by atoms with Crippen molar-refractivity contribution in [1.82, 2.24) is 0 Å². The van der Waals surface area contributed by atoms with Gasteiger partial charge in [0.05, 0.1) is 7.11 Å². The van der Waals surface area contributed by atoms with Gasteiger partial charge in [0, 0.05) is 11.1 Å². The van der Waals surface area contributed by atoms with Gasteiger partial charge >= 0.3 is 0 Å². The Morgan fingerprint density at radius 1 is 1.44 bits per heavy atom. The average molecular weight is 221 g/mol. The summed E-state index contributed by atoms with van der Waals surface area (Å²) in [5, 5.41) is 10.0. The number of hydrogen-bond acceptors (Lipinski definition) is 3. The van der Waals surface area contributed by atoms with Crippen molar-refractivity contribution in [2.45, 2.75) is 38.6 Å². The second kappa shape index (κ2) is 3.67. The third-order valence-corrected chi connectivity index (χ3v) is 3.48. The predicted octanol–water partition coefficient (Wildman–Crippen LogP) is 2.05. The molecule has 0 atom stereocenters. The summed E-state index contributed by atoms with van der Waals surface area (Å²) in [4.78, 5) is 0. The van der Waals surface area contributed by atoms with Crippen molar-refractivity contribution in [2.24, 2.45) is 5.73 Å². The molecule has 0 unspecified atom stereocenters. The highest BCUT2D eigenvalue weighted by molar-refractivity contribution is 5.54. The molecule has 0 heterocycles. The first-order valence-electron chi connectivity index (χ1n) is 5.62. The largest absolute Gasteiger partial charge is 0.504 e. The van der Waals surface area contributed by atoms with E-state index in [9.17, 15) is 5.11 Å². The van der Waals surface area contributed by atoms with Crippen LogP contribution in [-0.2, 0) is 6.42 Å². The smallest absolute Gasteiger partial charge is 0.164 e. The van der Waals surface area contributed by atoms with Gasteiger partial charge in [-0.25, -0.2) is 0 Å². The number of benzene rings is 1. The number of ether oxygens (including phenoxy) is 1. The van der Waals surface area contributed by atoms with Crippen LogP contribution >= 0.6 is 0 Å². The molecule has 0 radical (unpaired) electrons. The molecule has 1 fully saturated rings. The predicted molar refractivity (Wildman–Crippen MR) is 64.0 cm³/mol. The molecule has 3 nitrogen and oxygen atoms in total. The molecule has 3 heteroatoms. The molecule has 1 saturated carbocycles. The van der Waals surface area contributed by atoms with Crippen molar-refractivity contribution < 1.29 is 9.84 Å². The van der Waals surface area contributed by atoms with Crippen LogP contribution < -0.4 is 10.5 Å². The Bertz CT molecular complexity index is 422. The van der Waals surface area contributed by atoms with E-state index >= 15 is 0 Å². The Hall–Kier alpha value is -1.22. The van der Waals surface area contributed by atoms with E-state index < -0.39 is 0 Å². The second-order valence-electron chi connectivity index (χ2n) is 4.90. The SMILES string of the molecule is COc1c(CC2(N)CC2)cc(C)c(C)c1O. The number of hydrogen-bond donors (Lipinski definition) is 2. The molecule has 1 aromatic rings. The average Bonchev–Trinajstić information content (AvgIpc) is 2.93. The van der Waals surface area contributed by atoms with E-state index in [4.69, 9.17) is 10.5 Å². The van der Waals surface area contributed by atoms with Crippen molar-refractivity contribution in [1.29, 1.82) is 0 Å². The minimum absolute atomic E-state index is 0.0680. The Kier molecular flexibility index (Phi) is 2.58. The number of phenols is 1. The van der Waals surface area contributed by atoms with Gasteiger partial charge in [0.15, 0.2) is 11.5 Å². The zero-order valence-electron chi connectivity index (χ0n) is 10.1. The summed E-state index contributed by atoms with van der Waals surface area (Å²) in [7, 11) is 1.59. The van der Waals surface area contributed by atoms with E-state index in [1.165, 1.54) is 0 Å². The minimum atomic E-state index is -0.0680. The van der Waals surface area contributed by atoms with Crippen LogP contribution in [0.2, 0.25) is 0 Å². The van der Waals surface area contributed by atoms with Gasteiger partial charge in [-0.15, -0.1) is 0 Å². The van der Waals surface area contributed by atoms with Crippen molar-refractivity contribution in [3.05, 3.63) is 22.8 Å². The van der Waals surface area contributed by atoms with Gasteiger partial charge in [-0.05, 0) is 44.2 Å². The Morgan fingerprint density at radius 2 is 2.06 bits per heavy atom. The third-order valence-electron chi connectivity index (χ3n) is 3.48. The van der Waals surface area contributed by atoms with Gasteiger partial charge in [0.25, 0.3) is 0 Å². The van der Waals surface area contributed by atoms with Crippen LogP contribution in [0, 0.1) is 13.8 Å². The highest BCUT2D eigenvalue weighted by Gasteiger charge is 2.39. The van der Waals surface area contributed by atoms with Crippen LogP contribution in [0.1, 0.15) is 29.5 Å². The molecule has 0 bridgehead atoms. The van der Waals surface area contributed by atoms with E-state index in [1.807, 2.05) is 13.8 Å². The summed E-state index contributed by atoms with van der Waals surface area (Å²) in [6.45, 7) is 3.89. The molecule has 88 valence electrons. The molecule has 0 amide bonds. The number of aryl methyl sites for hydroxylation is 1. The van der Waals surface area contributed by atoms with Crippen LogP contribution in [0.5, 0.6) is 11.5 Å². The monoisotopic (exact) mass is 221 g/mol. The fourth-order valence-electron chi connectivity index (χ4n) is 2.02. The fraction of sp³-hybridized carbons (Fsp3) is 0.538. The first-order chi connectivity index (χ1) is 7.47. The van der Waals surface area contributed by atoms with Gasteiger partial charge < -0.3 is 15.6 Å². The zero-order chi connectivity index (χ0) is 11.9. The van der Waals surface area contributed by atoms with E-state index in [0.29, 0.717) is 5.75 Å². The van der Waals surface area contributed by atoms with Crippen LogP contribution in [0.4, 0.5) is 0 Å². The number of aromatic hydroxyl groups is 1. The van der Waals surface area contributed by atoms with E-state index in [0.717, 1.165) is 36.0 Å². The van der Waals surface area contributed by atoms with Crippen molar-refractivity contribution in [3.63, 3.8) is 0 Å². The lowest BCUT2D eigenvalue weighted by atomic mass is 9.98. The lowest BCUT2D eigenvalue weighted by molar-refractivity contribution is 0.365. The molecule has 16 heavy (non-hydrogen) atoms. The van der Waals surface area contributed by atoms with Crippen molar-refractivity contribution in [3.8, 4) is 11.5 Å². The standard InChI is InChI=1S/C13H19NO2/c1-8-6-10(7-13(14)4-5-13)12(16-3)11(15)9(8)2/h6,15H,4-5,7,14H2,1-3H3. The molecule has 1 aromatic carbocycles. The van der Waals surface area contributed by atoms with Gasteiger partial charge in [-0.1, -0.05) is 6.07 Å². The van der Waals surface area contributed by atoms with Crippen molar-refractivity contribution in [2.75, 3.05) is 7.11 Å². The molecule has 1 aliphatic rings. The van der Waals surface area contributed by atoms with Gasteiger partial charge in [0.2, 0.25) is 0 Å². The maximum Gasteiger partial charge on any atom is 0.164 e. The second-order valence-corrected chi connectivity index (χ2v) is 4.90. The molecule has 0 saturated heterocycles. The highest BCUT2D eigenvalue weighted by atomic mass is 16.5. The van der Waals surface area contributed by atoms with Crippen LogP contribution in [0.3, 0.4) is 0 Å². The summed E-state index contributed by atoms with van der Waals surface area (Å²) in [6.07, 6.45) is 2.90. The molecule has 0 aliphatic heterocycles. The summed E-state index contributed by atoms with van der Waals surface area (Å²) < 4.78 is 5.28. The first kappa shape index (κ1) is 11.3. The topological polar surface area (TPSA) is 55.5 Å². The molecule has 1 aliphatic carbocycles. The van der Waals surface area contributed by atoms with Gasteiger partial charge in [0.1, 0.15) is 0 Å². The van der Waals surface area contributed by atoms with Gasteiger partial charge in [-0.3, -0.25) is 0 Å². The molecule has 0 aromatic heterocycles. The maximum absolute atomic E-state index is 10.0. The summed E-state index contributed by atoms with van der Waals surface area (Å²) >= 11 is 0. The fourth-order valence-corrected chi connectivity index (χ4v) is 2.02. The zero-order valence-corrected chi connectivity index (χ0v) is 10.1. The number of nitrogens with two attached hydrogens (primary N) is 1. The Morgan fingerprint density at radius 3 is 2.56 bits per heavy atom. The van der Waals surface area contributed by atoms with Gasteiger partial charge in [-0.2, -0.15) is 0 Å². The number of methoxy groups -OCH3 is 1. The molecular formula is C13H19NO2. The Labute approximate surface area is 96.2 Å². The van der Waals surface area contributed by atoms with E-state index in [1.54, 1.807) is 7.11 Å². The molecular weight excluding hydrogens is 202 g/mol. The quantitative estimate of drug-likeness (QED) is 0.821. The molecule has 2 rings (SSSR count). The van der Waals surface area contributed by atoms with E-state index in [2.05, 4.69) is 6.07 Å². The lowest BCUT2D eigenvalue weighted by Crippen LogP contribution is -2.24. The number of rotatable bonds is 3. The van der Waals surface area contributed by atoms with Crippen LogP contribution in [0.15, 0.2) is 6.07 Å². The lowest BCUT2D eigenvalue weighted by Gasteiger charge is -2.16. The minimum Gasteiger partial charge on any atom is -0.504 e. The Balaban J connectivity index is 2.43. The first-order valence-corrected chi connectivity index (χ1v) is 5.62. The summed E-state index contributed by atoms with van der Waals surface area (Å²) in [5.41, 5.74) is 9.01. The maximum atomic E-state index is 10.0. The van der Waals surface area contributed by atoms with Crippen LogP contribution in [-0.4, -0.2) is 17.8 Å². The third kappa shape index (κ3) is 1.87. The summed E-state index contributed by atoms with van der Waals surface area (Å²) in [5.74, 6) is 0.835. The molecule has 0 spiro atoms. The molecule has 3 N–H and O–H groups in total.